The molecule has 1 saturated heterocycles. The second kappa shape index (κ2) is 7.31. The standard InChI is InChI=1S/C17H24N4S/c1-14-17(22-13-19-14)5-7-20-8-10-21(11-9-20)15(2)16-4-3-6-18-12-16/h3-4,6,12-13,15H,5,7-11H2,1-2H3/t15-/m1/s1. The topological polar surface area (TPSA) is 32.3 Å². The van der Waals surface area contributed by atoms with Crippen LogP contribution in [0.1, 0.15) is 29.1 Å². The molecule has 4 nitrogen and oxygen atoms in total. The lowest BCUT2D eigenvalue weighted by atomic mass is 10.1. The SMILES string of the molecule is Cc1ncsc1CCN1CCN([C@H](C)c2cccnc2)CC1. The molecule has 1 aliphatic rings. The van der Waals surface area contributed by atoms with Crippen molar-refractivity contribution in [1.82, 2.24) is 19.8 Å². The van der Waals surface area contributed by atoms with Gasteiger partial charge in [-0.05, 0) is 31.9 Å². The Morgan fingerprint density at radius 3 is 2.73 bits per heavy atom. The highest BCUT2D eigenvalue weighted by atomic mass is 32.1. The highest BCUT2D eigenvalue weighted by Crippen LogP contribution is 2.21. The molecule has 0 bridgehead atoms. The van der Waals surface area contributed by atoms with Gasteiger partial charge >= 0.3 is 0 Å². The van der Waals surface area contributed by atoms with Gasteiger partial charge in [0.1, 0.15) is 0 Å². The van der Waals surface area contributed by atoms with E-state index in [1.54, 1.807) is 11.3 Å². The Kier molecular flexibility index (Phi) is 5.18. The van der Waals surface area contributed by atoms with E-state index in [1.165, 1.54) is 16.1 Å². The van der Waals surface area contributed by atoms with Gasteiger partial charge in [-0.1, -0.05) is 6.07 Å². The number of pyridine rings is 1. The Labute approximate surface area is 136 Å². The normalized spacial score (nSPS) is 18.5. The molecule has 0 radical (unpaired) electrons. The average Bonchev–Trinajstić information content (AvgIpc) is 2.99. The van der Waals surface area contributed by atoms with Crippen LogP contribution >= 0.6 is 11.3 Å². The molecule has 0 aromatic carbocycles. The van der Waals surface area contributed by atoms with E-state index in [4.69, 9.17) is 0 Å². The highest BCUT2D eigenvalue weighted by Gasteiger charge is 2.22. The van der Waals surface area contributed by atoms with Gasteiger partial charge in [0.2, 0.25) is 0 Å². The van der Waals surface area contributed by atoms with E-state index in [-0.39, 0.29) is 0 Å². The third-order valence-electron chi connectivity index (χ3n) is 4.62. The van der Waals surface area contributed by atoms with Crippen LogP contribution in [-0.2, 0) is 6.42 Å². The molecule has 3 heterocycles. The van der Waals surface area contributed by atoms with Gasteiger partial charge in [-0.15, -0.1) is 11.3 Å². The molecule has 0 aliphatic carbocycles. The van der Waals surface area contributed by atoms with Crippen molar-refractivity contribution in [2.24, 2.45) is 0 Å². The van der Waals surface area contributed by atoms with Crippen LogP contribution in [0.2, 0.25) is 0 Å². The lowest BCUT2D eigenvalue weighted by Crippen LogP contribution is -2.47. The first-order valence-electron chi connectivity index (χ1n) is 7.99. The maximum Gasteiger partial charge on any atom is 0.0797 e. The lowest BCUT2D eigenvalue weighted by molar-refractivity contribution is 0.103. The quantitative estimate of drug-likeness (QED) is 0.849. The van der Waals surface area contributed by atoms with E-state index < -0.39 is 0 Å². The maximum atomic E-state index is 4.34. The molecular weight excluding hydrogens is 292 g/mol. The Balaban J connectivity index is 1.47. The summed E-state index contributed by atoms with van der Waals surface area (Å²) in [4.78, 5) is 15.1. The Bertz CT molecular complexity index is 575. The van der Waals surface area contributed by atoms with Gasteiger partial charge in [-0.2, -0.15) is 0 Å². The third-order valence-corrected chi connectivity index (χ3v) is 5.62. The highest BCUT2D eigenvalue weighted by molar-refractivity contribution is 7.09. The molecule has 3 rings (SSSR count). The molecule has 118 valence electrons. The number of piperazine rings is 1. The molecule has 0 spiro atoms. The van der Waals surface area contributed by atoms with Crippen molar-refractivity contribution in [2.45, 2.75) is 26.3 Å². The summed E-state index contributed by atoms with van der Waals surface area (Å²) in [5.74, 6) is 0. The maximum absolute atomic E-state index is 4.34. The summed E-state index contributed by atoms with van der Waals surface area (Å²) in [6, 6.07) is 4.66. The minimum atomic E-state index is 0.458. The fourth-order valence-electron chi connectivity index (χ4n) is 3.03. The molecule has 22 heavy (non-hydrogen) atoms. The number of hydrogen-bond donors (Lipinski definition) is 0. The number of rotatable bonds is 5. The lowest BCUT2D eigenvalue weighted by Gasteiger charge is -2.38. The van der Waals surface area contributed by atoms with E-state index in [0.717, 1.165) is 39.1 Å². The monoisotopic (exact) mass is 316 g/mol. The van der Waals surface area contributed by atoms with Crippen molar-refractivity contribution >= 4 is 11.3 Å². The average molecular weight is 316 g/mol. The Morgan fingerprint density at radius 1 is 1.27 bits per heavy atom. The summed E-state index contributed by atoms with van der Waals surface area (Å²) in [6.07, 6.45) is 4.97. The van der Waals surface area contributed by atoms with Crippen LogP contribution in [0.25, 0.3) is 0 Å². The molecule has 0 saturated carbocycles. The molecular formula is C17H24N4S. The van der Waals surface area contributed by atoms with Crippen LogP contribution in [0.4, 0.5) is 0 Å². The number of aryl methyl sites for hydroxylation is 1. The smallest absolute Gasteiger partial charge is 0.0797 e. The predicted octanol–water partition coefficient (Wildman–Crippen LogP) is 2.77. The van der Waals surface area contributed by atoms with Gasteiger partial charge in [-0.3, -0.25) is 9.88 Å². The van der Waals surface area contributed by atoms with Crippen LogP contribution < -0.4 is 0 Å². The minimum absolute atomic E-state index is 0.458. The van der Waals surface area contributed by atoms with Crippen molar-refractivity contribution < 1.29 is 0 Å². The zero-order chi connectivity index (χ0) is 15.4. The van der Waals surface area contributed by atoms with Crippen LogP contribution in [0.3, 0.4) is 0 Å². The Morgan fingerprint density at radius 2 is 2.09 bits per heavy atom. The van der Waals surface area contributed by atoms with E-state index in [9.17, 15) is 0 Å². The van der Waals surface area contributed by atoms with Gasteiger partial charge < -0.3 is 4.90 Å². The van der Waals surface area contributed by atoms with Crippen LogP contribution in [0.15, 0.2) is 30.0 Å². The zero-order valence-electron chi connectivity index (χ0n) is 13.4. The molecule has 0 N–H and O–H groups in total. The first-order chi connectivity index (χ1) is 10.7. The molecule has 1 atom stereocenters. The van der Waals surface area contributed by atoms with Gasteiger partial charge in [0.15, 0.2) is 0 Å². The molecule has 2 aromatic rings. The third kappa shape index (κ3) is 3.72. The summed E-state index contributed by atoms with van der Waals surface area (Å²) in [5.41, 5.74) is 4.48. The molecule has 0 amide bonds. The predicted molar refractivity (Wildman–Crippen MR) is 91.2 cm³/mol. The first-order valence-corrected chi connectivity index (χ1v) is 8.87. The van der Waals surface area contributed by atoms with Crippen LogP contribution in [0, 0.1) is 6.92 Å². The largest absolute Gasteiger partial charge is 0.300 e. The van der Waals surface area contributed by atoms with E-state index in [2.05, 4.69) is 39.7 Å². The van der Waals surface area contributed by atoms with Crippen molar-refractivity contribution in [2.75, 3.05) is 32.7 Å². The van der Waals surface area contributed by atoms with E-state index in [1.807, 2.05) is 24.0 Å². The van der Waals surface area contributed by atoms with Crippen molar-refractivity contribution in [3.8, 4) is 0 Å². The summed E-state index contributed by atoms with van der Waals surface area (Å²) < 4.78 is 0. The van der Waals surface area contributed by atoms with Crippen LogP contribution in [0.5, 0.6) is 0 Å². The van der Waals surface area contributed by atoms with E-state index in [0.29, 0.717) is 6.04 Å². The molecule has 2 aromatic heterocycles. The van der Waals surface area contributed by atoms with Gasteiger partial charge in [-0.25, -0.2) is 4.98 Å². The fraction of sp³-hybridized carbons (Fsp3) is 0.529. The second-order valence-corrected chi connectivity index (χ2v) is 6.89. The minimum Gasteiger partial charge on any atom is -0.300 e. The number of hydrogen-bond acceptors (Lipinski definition) is 5. The van der Waals surface area contributed by atoms with Crippen molar-refractivity contribution in [3.05, 3.63) is 46.2 Å². The van der Waals surface area contributed by atoms with Crippen molar-refractivity contribution in [3.63, 3.8) is 0 Å². The number of aromatic nitrogens is 2. The molecule has 5 heteroatoms. The summed E-state index contributed by atoms with van der Waals surface area (Å²) in [7, 11) is 0. The molecule has 1 aliphatic heterocycles. The molecule has 0 unspecified atom stereocenters. The number of thiazole rings is 1. The van der Waals surface area contributed by atoms with Crippen LogP contribution in [-0.4, -0.2) is 52.5 Å². The number of nitrogens with zero attached hydrogens (tertiary/aromatic N) is 4. The first kappa shape index (κ1) is 15.6. The van der Waals surface area contributed by atoms with Gasteiger partial charge in [0.05, 0.1) is 11.2 Å². The van der Waals surface area contributed by atoms with Crippen molar-refractivity contribution in [1.29, 1.82) is 0 Å². The molecule has 1 fully saturated rings. The summed E-state index contributed by atoms with van der Waals surface area (Å²) >= 11 is 1.79. The fourth-order valence-corrected chi connectivity index (χ4v) is 3.80. The van der Waals surface area contributed by atoms with Gasteiger partial charge in [0, 0.05) is 56.0 Å². The van der Waals surface area contributed by atoms with Gasteiger partial charge in [0.25, 0.3) is 0 Å². The summed E-state index contributed by atoms with van der Waals surface area (Å²) in [6.45, 7) is 10.1. The van der Waals surface area contributed by atoms with E-state index >= 15 is 0 Å². The Hall–Kier alpha value is -1.30. The second-order valence-electron chi connectivity index (χ2n) is 5.95. The summed E-state index contributed by atoms with van der Waals surface area (Å²) in [5, 5.41) is 0. The zero-order valence-corrected chi connectivity index (χ0v) is 14.2.